The number of hydrogen-bond acceptors (Lipinski definition) is 5. The van der Waals surface area contributed by atoms with Crippen LogP contribution in [0.3, 0.4) is 0 Å². The van der Waals surface area contributed by atoms with Crippen LogP contribution >= 0.6 is 12.2 Å². The number of aliphatic imine (C=N–C) groups is 1. The molecule has 34 heavy (non-hydrogen) atoms. The third kappa shape index (κ3) is 7.25. The van der Waals surface area contributed by atoms with Gasteiger partial charge in [-0.1, -0.05) is 37.5 Å². The number of nitrogens with zero attached hydrogens (tertiary/aromatic N) is 3. The molecule has 0 unspecified atom stereocenters. The van der Waals surface area contributed by atoms with Crippen molar-refractivity contribution in [2.24, 2.45) is 4.99 Å². The maximum absolute atomic E-state index is 5.59. The molecule has 2 aromatic carbocycles. The molecule has 0 amide bonds. The van der Waals surface area contributed by atoms with Crippen LogP contribution in [0.2, 0.25) is 0 Å². The van der Waals surface area contributed by atoms with Crippen molar-refractivity contribution in [1.82, 2.24) is 15.3 Å². The zero-order valence-electron chi connectivity index (χ0n) is 19.6. The van der Waals surface area contributed by atoms with Crippen LogP contribution in [0.1, 0.15) is 43.5 Å². The summed E-state index contributed by atoms with van der Waals surface area (Å²) in [6.07, 6.45) is 5.84. The van der Waals surface area contributed by atoms with E-state index in [1.165, 1.54) is 19.3 Å². The lowest BCUT2D eigenvalue weighted by atomic mass is 9.96. The van der Waals surface area contributed by atoms with Crippen molar-refractivity contribution in [2.45, 2.75) is 52.0 Å². The maximum Gasteiger partial charge on any atom is 0.229 e. The molecule has 1 aliphatic rings. The molecule has 1 aliphatic carbocycles. The normalized spacial score (nSPS) is 14.4. The first-order valence-electron chi connectivity index (χ1n) is 11.7. The number of thiocarbonyl (C=S) groups is 1. The SMILES string of the molecule is Cc1cc(C)nc(NC(=NC2CCCCC2)NC(=S)Nc2ccc(Nc3ccccc3)cc2)n1. The van der Waals surface area contributed by atoms with E-state index in [0.717, 1.165) is 41.3 Å². The van der Waals surface area contributed by atoms with Gasteiger partial charge in [0.15, 0.2) is 5.11 Å². The van der Waals surface area contributed by atoms with Gasteiger partial charge in [-0.2, -0.15) is 0 Å². The van der Waals surface area contributed by atoms with Gasteiger partial charge in [0, 0.05) is 28.5 Å². The fourth-order valence-electron chi connectivity index (χ4n) is 3.97. The van der Waals surface area contributed by atoms with Crippen molar-refractivity contribution in [3.63, 3.8) is 0 Å². The molecule has 7 nitrogen and oxygen atoms in total. The average Bonchev–Trinajstić information content (AvgIpc) is 2.81. The lowest BCUT2D eigenvalue weighted by molar-refractivity contribution is 0.443. The maximum atomic E-state index is 5.59. The summed E-state index contributed by atoms with van der Waals surface area (Å²) in [5.41, 5.74) is 4.73. The first-order valence-corrected chi connectivity index (χ1v) is 12.1. The van der Waals surface area contributed by atoms with E-state index in [1.54, 1.807) is 0 Å². The van der Waals surface area contributed by atoms with Crippen molar-refractivity contribution >= 4 is 46.3 Å². The third-order valence-corrected chi connectivity index (χ3v) is 5.74. The van der Waals surface area contributed by atoms with Crippen molar-refractivity contribution in [2.75, 3.05) is 16.0 Å². The largest absolute Gasteiger partial charge is 0.356 e. The van der Waals surface area contributed by atoms with E-state index in [9.17, 15) is 0 Å². The van der Waals surface area contributed by atoms with Gasteiger partial charge in [0.2, 0.25) is 11.9 Å². The number of rotatable bonds is 5. The molecule has 1 aromatic heterocycles. The summed E-state index contributed by atoms with van der Waals surface area (Å²) in [5.74, 6) is 1.08. The molecule has 8 heteroatoms. The van der Waals surface area contributed by atoms with Gasteiger partial charge in [0.05, 0.1) is 6.04 Å². The Kier molecular flexibility index (Phi) is 8.04. The first-order chi connectivity index (χ1) is 16.5. The Morgan fingerprint density at radius 2 is 1.44 bits per heavy atom. The molecule has 3 aromatic rings. The molecule has 1 saturated carbocycles. The molecule has 1 heterocycles. The van der Waals surface area contributed by atoms with Gasteiger partial charge in [-0.15, -0.1) is 0 Å². The molecule has 4 N–H and O–H groups in total. The zero-order chi connectivity index (χ0) is 23.8. The van der Waals surface area contributed by atoms with Crippen molar-refractivity contribution in [3.8, 4) is 0 Å². The van der Waals surface area contributed by atoms with Crippen molar-refractivity contribution in [1.29, 1.82) is 0 Å². The average molecular weight is 474 g/mol. The topological polar surface area (TPSA) is 86.3 Å². The van der Waals surface area contributed by atoms with Crippen LogP contribution in [0.5, 0.6) is 0 Å². The number of aromatic nitrogens is 2. The van der Waals surface area contributed by atoms with Gasteiger partial charge in [-0.05, 0) is 81.4 Å². The quantitative estimate of drug-likeness (QED) is 0.208. The first kappa shape index (κ1) is 23.6. The number of guanidine groups is 1. The molecule has 0 aliphatic heterocycles. The minimum absolute atomic E-state index is 0.265. The van der Waals surface area contributed by atoms with Crippen LogP contribution in [0, 0.1) is 13.8 Å². The third-order valence-electron chi connectivity index (χ3n) is 5.54. The van der Waals surface area contributed by atoms with Crippen LogP contribution in [-0.4, -0.2) is 27.1 Å². The Morgan fingerprint density at radius 1 is 0.824 bits per heavy atom. The molecular formula is C26H31N7S. The van der Waals surface area contributed by atoms with E-state index < -0.39 is 0 Å². The number of benzene rings is 2. The fraction of sp³-hybridized carbons (Fsp3) is 0.308. The fourth-order valence-corrected chi connectivity index (χ4v) is 4.19. The summed E-state index contributed by atoms with van der Waals surface area (Å²) in [4.78, 5) is 13.9. The standard InChI is InChI=1S/C26H31N7S/c1-18-17-19(2)28-24(27-18)32-25(30-21-11-7-4-8-12-21)33-26(34)31-23-15-13-22(14-16-23)29-20-9-5-3-6-10-20/h3,5-6,9-10,13-17,21,29H,4,7-8,11-12H2,1-2H3,(H3,27,28,30,31,32,33,34). The summed E-state index contributed by atoms with van der Waals surface area (Å²) in [5, 5.41) is 13.5. The number of para-hydroxylation sites is 1. The van der Waals surface area contributed by atoms with Gasteiger partial charge < -0.3 is 16.0 Å². The van der Waals surface area contributed by atoms with Gasteiger partial charge in [0.1, 0.15) is 0 Å². The summed E-state index contributed by atoms with van der Waals surface area (Å²) >= 11 is 5.59. The zero-order valence-corrected chi connectivity index (χ0v) is 20.5. The number of hydrogen-bond donors (Lipinski definition) is 4. The summed E-state index contributed by atoms with van der Waals surface area (Å²) in [6, 6.07) is 20.3. The molecule has 0 spiro atoms. The number of nitrogens with one attached hydrogen (secondary N) is 4. The lowest BCUT2D eigenvalue weighted by Gasteiger charge is -2.20. The van der Waals surface area contributed by atoms with E-state index in [1.807, 2.05) is 74.5 Å². The van der Waals surface area contributed by atoms with Gasteiger partial charge in [0.25, 0.3) is 0 Å². The molecule has 0 bridgehead atoms. The Hall–Kier alpha value is -3.52. The minimum atomic E-state index is 0.265. The van der Waals surface area contributed by atoms with Gasteiger partial charge in [-0.25, -0.2) is 15.0 Å². The highest BCUT2D eigenvalue weighted by molar-refractivity contribution is 7.80. The van der Waals surface area contributed by atoms with Crippen molar-refractivity contribution in [3.05, 3.63) is 72.1 Å². The van der Waals surface area contributed by atoms with Crippen molar-refractivity contribution < 1.29 is 0 Å². The predicted molar refractivity (Wildman–Crippen MR) is 145 cm³/mol. The molecule has 0 atom stereocenters. The van der Waals surface area contributed by atoms with Crippen LogP contribution in [-0.2, 0) is 0 Å². The number of aryl methyl sites for hydroxylation is 2. The Labute approximate surface area is 206 Å². The summed E-state index contributed by atoms with van der Waals surface area (Å²) in [6.45, 7) is 3.90. The highest BCUT2D eigenvalue weighted by Gasteiger charge is 2.15. The van der Waals surface area contributed by atoms with Crippen LogP contribution in [0.4, 0.5) is 23.0 Å². The van der Waals surface area contributed by atoms with E-state index in [2.05, 4.69) is 31.2 Å². The van der Waals surface area contributed by atoms with E-state index in [-0.39, 0.29) is 6.04 Å². The van der Waals surface area contributed by atoms with E-state index in [4.69, 9.17) is 17.2 Å². The van der Waals surface area contributed by atoms with Gasteiger partial charge >= 0.3 is 0 Å². The predicted octanol–water partition coefficient (Wildman–Crippen LogP) is 5.92. The monoisotopic (exact) mass is 473 g/mol. The molecular weight excluding hydrogens is 442 g/mol. The second-order valence-electron chi connectivity index (χ2n) is 8.52. The Morgan fingerprint density at radius 3 is 2.12 bits per heavy atom. The summed E-state index contributed by atoms with van der Waals surface area (Å²) < 4.78 is 0. The molecule has 0 saturated heterocycles. The van der Waals surface area contributed by atoms with Crippen LogP contribution in [0.15, 0.2) is 65.7 Å². The second kappa shape index (κ2) is 11.6. The second-order valence-corrected chi connectivity index (χ2v) is 8.92. The minimum Gasteiger partial charge on any atom is -0.356 e. The van der Waals surface area contributed by atoms with Crippen LogP contribution in [0.25, 0.3) is 0 Å². The molecule has 1 fully saturated rings. The smallest absolute Gasteiger partial charge is 0.229 e. The number of anilines is 4. The Bertz CT molecular complexity index is 1100. The molecule has 4 rings (SSSR count). The Balaban J connectivity index is 1.41. The van der Waals surface area contributed by atoms with E-state index in [0.29, 0.717) is 17.0 Å². The van der Waals surface area contributed by atoms with E-state index >= 15 is 0 Å². The van der Waals surface area contributed by atoms with Gasteiger partial charge in [-0.3, -0.25) is 5.32 Å². The molecule has 0 radical (unpaired) electrons. The molecule has 176 valence electrons. The highest BCUT2D eigenvalue weighted by Crippen LogP contribution is 2.21. The summed E-state index contributed by atoms with van der Waals surface area (Å²) in [7, 11) is 0. The van der Waals surface area contributed by atoms with Crippen LogP contribution < -0.4 is 21.3 Å². The lowest BCUT2D eigenvalue weighted by Crippen LogP contribution is -2.40. The highest BCUT2D eigenvalue weighted by atomic mass is 32.1.